The Labute approximate surface area is 122 Å². The molecule has 5 nitrogen and oxygen atoms in total. The van der Waals surface area contributed by atoms with Gasteiger partial charge in [-0.15, -0.1) is 0 Å². The molecule has 1 aliphatic rings. The number of aromatic nitrogens is 2. The van der Waals surface area contributed by atoms with Gasteiger partial charge in [0.25, 0.3) is 0 Å². The van der Waals surface area contributed by atoms with Crippen molar-refractivity contribution >= 4 is 5.95 Å². The minimum atomic E-state index is 0.709. The van der Waals surface area contributed by atoms with Crippen LogP contribution in [0.15, 0.2) is 6.20 Å². The number of aryl methyl sites for hydroxylation is 2. The second kappa shape index (κ2) is 7.64. The number of piperidine rings is 1. The van der Waals surface area contributed by atoms with Crippen LogP contribution >= 0.6 is 0 Å². The van der Waals surface area contributed by atoms with E-state index < -0.39 is 0 Å². The largest absolute Gasteiger partial charge is 0.383 e. The number of imidazole rings is 1. The van der Waals surface area contributed by atoms with Gasteiger partial charge in [0.15, 0.2) is 0 Å². The highest BCUT2D eigenvalue weighted by molar-refractivity contribution is 5.28. The molecule has 0 amide bonds. The molecule has 1 aliphatic heterocycles. The Balaban J connectivity index is 1.82. The first-order valence-electron chi connectivity index (χ1n) is 7.64. The van der Waals surface area contributed by atoms with Gasteiger partial charge in [0.05, 0.1) is 12.3 Å². The average molecular weight is 280 g/mol. The number of ether oxygens (including phenoxy) is 1. The number of hydrogen-bond donors (Lipinski definition) is 1. The van der Waals surface area contributed by atoms with Crippen molar-refractivity contribution in [3.8, 4) is 0 Å². The molecule has 20 heavy (non-hydrogen) atoms. The third kappa shape index (κ3) is 4.49. The highest BCUT2D eigenvalue weighted by atomic mass is 16.5. The number of methoxy groups -OCH3 is 1. The SMILES string of the molecule is COCCNc1nc(C)cn1CCC1CCN(C)CC1. The summed E-state index contributed by atoms with van der Waals surface area (Å²) in [6.45, 7) is 7.11. The number of hydrogen-bond acceptors (Lipinski definition) is 4. The fourth-order valence-electron chi connectivity index (χ4n) is 2.80. The van der Waals surface area contributed by atoms with E-state index in [0.717, 1.165) is 30.6 Å². The van der Waals surface area contributed by atoms with Crippen molar-refractivity contribution in [2.24, 2.45) is 5.92 Å². The molecular formula is C15H28N4O. The maximum atomic E-state index is 5.07. The van der Waals surface area contributed by atoms with Crippen molar-refractivity contribution in [2.75, 3.05) is 45.7 Å². The molecule has 0 atom stereocenters. The highest BCUT2D eigenvalue weighted by Gasteiger charge is 2.17. The molecule has 0 radical (unpaired) electrons. The van der Waals surface area contributed by atoms with E-state index in [1.807, 2.05) is 6.92 Å². The molecule has 1 aromatic heterocycles. The van der Waals surface area contributed by atoms with Gasteiger partial charge in [-0.3, -0.25) is 0 Å². The molecule has 0 aromatic carbocycles. The van der Waals surface area contributed by atoms with Gasteiger partial charge >= 0.3 is 0 Å². The van der Waals surface area contributed by atoms with E-state index in [1.165, 1.54) is 32.4 Å². The lowest BCUT2D eigenvalue weighted by molar-refractivity contribution is 0.207. The Kier molecular flexibility index (Phi) is 5.86. The predicted molar refractivity (Wildman–Crippen MR) is 82.2 cm³/mol. The quantitative estimate of drug-likeness (QED) is 0.776. The molecule has 0 unspecified atom stereocenters. The van der Waals surface area contributed by atoms with Crippen molar-refractivity contribution < 1.29 is 4.74 Å². The van der Waals surface area contributed by atoms with Gasteiger partial charge in [-0.2, -0.15) is 0 Å². The standard InChI is InChI=1S/C15H28N4O/c1-13-12-19(15(17-13)16-7-11-20-3)10-6-14-4-8-18(2)9-5-14/h12,14H,4-11H2,1-3H3,(H,16,17). The van der Waals surface area contributed by atoms with Gasteiger partial charge in [0.2, 0.25) is 5.95 Å². The Bertz CT molecular complexity index is 397. The first-order chi connectivity index (χ1) is 9.69. The van der Waals surface area contributed by atoms with Gasteiger partial charge in [0.1, 0.15) is 0 Å². The number of rotatable bonds is 7. The van der Waals surface area contributed by atoms with E-state index in [-0.39, 0.29) is 0 Å². The second-order valence-corrected chi connectivity index (χ2v) is 5.85. The number of anilines is 1. The summed E-state index contributed by atoms with van der Waals surface area (Å²) in [7, 11) is 3.94. The van der Waals surface area contributed by atoms with Crippen LogP contribution in [0.1, 0.15) is 25.0 Å². The predicted octanol–water partition coefficient (Wildman–Crippen LogP) is 1.98. The van der Waals surface area contributed by atoms with E-state index in [1.54, 1.807) is 7.11 Å². The lowest BCUT2D eigenvalue weighted by Crippen LogP contribution is -2.30. The summed E-state index contributed by atoms with van der Waals surface area (Å²) < 4.78 is 7.32. The monoisotopic (exact) mass is 280 g/mol. The zero-order valence-electron chi connectivity index (χ0n) is 13.1. The van der Waals surface area contributed by atoms with E-state index in [0.29, 0.717) is 6.61 Å². The van der Waals surface area contributed by atoms with Gasteiger partial charge in [0, 0.05) is 26.4 Å². The zero-order valence-corrected chi connectivity index (χ0v) is 13.1. The smallest absolute Gasteiger partial charge is 0.203 e. The molecule has 1 N–H and O–H groups in total. The second-order valence-electron chi connectivity index (χ2n) is 5.85. The van der Waals surface area contributed by atoms with Crippen LogP contribution in [0.4, 0.5) is 5.95 Å². The number of nitrogens with zero attached hydrogens (tertiary/aromatic N) is 3. The summed E-state index contributed by atoms with van der Waals surface area (Å²) in [5, 5.41) is 3.35. The van der Waals surface area contributed by atoms with Gasteiger partial charge in [-0.05, 0) is 52.2 Å². The molecule has 1 aromatic rings. The Hall–Kier alpha value is -1.07. The van der Waals surface area contributed by atoms with Gasteiger partial charge < -0.3 is 19.5 Å². The van der Waals surface area contributed by atoms with Crippen LogP contribution in [0.5, 0.6) is 0 Å². The normalized spacial score (nSPS) is 17.6. The average Bonchev–Trinajstić information content (AvgIpc) is 2.79. The molecule has 0 saturated carbocycles. The summed E-state index contributed by atoms with van der Waals surface area (Å²) in [6.07, 6.45) is 6.06. The minimum Gasteiger partial charge on any atom is -0.383 e. The summed E-state index contributed by atoms with van der Waals surface area (Å²) in [6, 6.07) is 0. The maximum Gasteiger partial charge on any atom is 0.203 e. The molecule has 2 heterocycles. The highest BCUT2D eigenvalue weighted by Crippen LogP contribution is 2.21. The molecule has 1 saturated heterocycles. The topological polar surface area (TPSA) is 42.3 Å². The molecule has 0 bridgehead atoms. The van der Waals surface area contributed by atoms with Gasteiger partial charge in [-0.25, -0.2) is 4.98 Å². The van der Waals surface area contributed by atoms with Crippen LogP contribution in [-0.2, 0) is 11.3 Å². The molecule has 1 fully saturated rings. The van der Waals surface area contributed by atoms with Crippen LogP contribution < -0.4 is 5.32 Å². The Morgan fingerprint density at radius 2 is 2.15 bits per heavy atom. The maximum absolute atomic E-state index is 5.07. The van der Waals surface area contributed by atoms with Crippen molar-refractivity contribution in [1.82, 2.24) is 14.5 Å². The van der Waals surface area contributed by atoms with Crippen LogP contribution in [-0.4, -0.2) is 54.8 Å². The van der Waals surface area contributed by atoms with Crippen LogP contribution in [0.25, 0.3) is 0 Å². The van der Waals surface area contributed by atoms with Gasteiger partial charge in [-0.1, -0.05) is 0 Å². The lowest BCUT2D eigenvalue weighted by Gasteiger charge is -2.29. The Morgan fingerprint density at radius 1 is 1.40 bits per heavy atom. The van der Waals surface area contributed by atoms with Crippen LogP contribution in [0.3, 0.4) is 0 Å². The third-order valence-corrected chi connectivity index (χ3v) is 4.10. The van der Waals surface area contributed by atoms with E-state index in [4.69, 9.17) is 4.74 Å². The Morgan fingerprint density at radius 3 is 2.85 bits per heavy atom. The van der Waals surface area contributed by atoms with Crippen LogP contribution in [0, 0.1) is 12.8 Å². The molecule has 114 valence electrons. The summed E-state index contributed by atoms with van der Waals surface area (Å²) in [5.74, 6) is 1.84. The minimum absolute atomic E-state index is 0.709. The number of nitrogens with one attached hydrogen (secondary N) is 1. The molecule has 2 rings (SSSR count). The van der Waals surface area contributed by atoms with E-state index >= 15 is 0 Å². The fourth-order valence-corrected chi connectivity index (χ4v) is 2.80. The van der Waals surface area contributed by atoms with Crippen molar-refractivity contribution in [3.05, 3.63) is 11.9 Å². The molecule has 0 aliphatic carbocycles. The lowest BCUT2D eigenvalue weighted by atomic mass is 9.94. The molecule has 5 heteroatoms. The van der Waals surface area contributed by atoms with E-state index in [2.05, 4.69) is 33.0 Å². The van der Waals surface area contributed by atoms with Crippen molar-refractivity contribution in [3.63, 3.8) is 0 Å². The number of likely N-dealkylation sites (tertiary alicyclic amines) is 1. The molecule has 0 spiro atoms. The zero-order chi connectivity index (χ0) is 14.4. The van der Waals surface area contributed by atoms with E-state index in [9.17, 15) is 0 Å². The van der Waals surface area contributed by atoms with Crippen molar-refractivity contribution in [1.29, 1.82) is 0 Å². The third-order valence-electron chi connectivity index (χ3n) is 4.10. The first-order valence-corrected chi connectivity index (χ1v) is 7.64. The summed E-state index contributed by atoms with van der Waals surface area (Å²) >= 11 is 0. The summed E-state index contributed by atoms with van der Waals surface area (Å²) in [4.78, 5) is 6.97. The summed E-state index contributed by atoms with van der Waals surface area (Å²) in [5.41, 5.74) is 1.08. The fraction of sp³-hybridized carbons (Fsp3) is 0.800. The first kappa shape index (κ1) is 15.3. The van der Waals surface area contributed by atoms with Crippen molar-refractivity contribution in [2.45, 2.75) is 32.7 Å². The van der Waals surface area contributed by atoms with Crippen LogP contribution in [0.2, 0.25) is 0 Å². The molecular weight excluding hydrogens is 252 g/mol.